The average molecular weight is 358 g/mol. The molecule has 2 heterocycles. The molecule has 0 aliphatic rings. The van der Waals surface area contributed by atoms with Crippen molar-refractivity contribution in [1.29, 1.82) is 0 Å². The number of pyridine rings is 2. The van der Waals surface area contributed by atoms with Crippen LogP contribution in [-0.4, -0.2) is 15.9 Å². The van der Waals surface area contributed by atoms with Crippen molar-refractivity contribution < 1.29 is 13.9 Å². The van der Waals surface area contributed by atoms with E-state index in [9.17, 15) is 9.18 Å². The second-order valence-corrected chi connectivity index (χ2v) is 5.46. The van der Waals surface area contributed by atoms with Crippen molar-refractivity contribution in [2.24, 2.45) is 0 Å². The lowest BCUT2D eigenvalue weighted by atomic mass is 10.2. The first-order valence-corrected chi connectivity index (χ1v) is 7.77. The van der Waals surface area contributed by atoms with Gasteiger partial charge in [-0.25, -0.2) is 14.4 Å². The summed E-state index contributed by atoms with van der Waals surface area (Å²) < 4.78 is 18.9. The van der Waals surface area contributed by atoms with Crippen LogP contribution in [0.4, 0.5) is 4.39 Å². The Balaban J connectivity index is 1.72. The van der Waals surface area contributed by atoms with E-state index in [4.69, 9.17) is 16.3 Å². The molecule has 0 bridgehead atoms. The van der Waals surface area contributed by atoms with Gasteiger partial charge in [0.05, 0.1) is 0 Å². The molecule has 1 amide bonds. The summed E-state index contributed by atoms with van der Waals surface area (Å²) in [6.07, 6.45) is 3.02. The third kappa shape index (κ3) is 4.51. The smallest absolute Gasteiger partial charge is 0.251 e. The van der Waals surface area contributed by atoms with Crippen LogP contribution in [0.5, 0.6) is 11.6 Å². The van der Waals surface area contributed by atoms with Crippen LogP contribution in [0.2, 0.25) is 5.15 Å². The fourth-order valence-electron chi connectivity index (χ4n) is 2.11. The molecule has 126 valence electrons. The molecule has 25 heavy (non-hydrogen) atoms. The van der Waals surface area contributed by atoms with Gasteiger partial charge in [-0.15, -0.1) is 0 Å². The Morgan fingerprint density at radius 3 is 2.80 bits per heavy atom. The van der Waals surface area contributed by atoms with Crippen LogP contribution in [-0.2, 0) is 6.54 Å². The maximum Gasteiger partial charge on any atom is 0.251 e. The van der Waals surface area contributed by atoms with Gasteiger partial charge in [-0.1, -0.05) is 23.7 Å². The van der Waals surface area contributed by atoms with Gasteiger partial charge in [-0.05, 0) is 30.3 Å². The minimum Gasteiger partial charge on any atom is -0.439 e. The Hall–Kier alpha value is -2.99. The van der Waals surface area contributed by atoms with E-state index in [-0.39, 0.29) is 17.6 Å². The number of carbonyl (C=O) groups is 1. The highest BCUT2D eigenvalue weighted by Gasteiger charge is 2.10. The Bertz CT molecular complexity index is 905. The molecule has 2 aromatic heterocycles. The van der Waals surface area contributed by atoms with Crippen LogP contribution >= 0.6 is 11.6 Å². The number of rotatable bonds is 5. The highest BCUT2D eigenvalue weighted by molar-refractivity contribution is 6.29. The third-order valence-electron chi connectivity index (χ3n) is 3.29. The number of nitrogens with zero attached hydrogens (tertiary/aromatic N) is 2. The van der Waals surface area contributed by atoms with Crippen molar-refractivity contribution in [3.63, 3.8) is 0 Å². The number of amides is 1. The quantitative estimate of drug-likeness (QED) is 0.701. The van der Waals surface area contributed by atoms with E-state index in [0.717, 1.165) is 0 Å². The van der Waals surface area contributed by atoms with Gasteiger partial charge in [0.15, 0.2) is 0 Å². The first-order valence-electron chi connectivity index (χ1n) is 7.39. The first-order chi connectivity index (χ1) is 12.1. The first kappa shape index (κ1) is 16.9. The molecule has 0 atom stereocenters. The standard InChI is InChI=1S/C18H13ClFN3O2/c19-16-9-12(6-8-21-16)17(24)23-11-13-3-2-7-22-18(13)25-15-5-1-4-14(20)10-15/h1-10H,11H2,(H,23,24). The monoisotopic (exact) mass is 357 g/mol. The van der Waals surface area contributed by atoms with Gasteiger partial charge < -0.3 is 10.1 Å². The second-order valence-electron chi connectivity index (χ2n) is 5.08. The molecule has 3 aromatic rings. The van der Waals surface area contributed by atoms with Crippen molar-refractivity contribution in [2.45, 2.75) is 6.54 Å². The largest absolute Gasteiger partial charge is 0.439 e. The predicted molar refractivity (Wildman–Crippen MR) is 91.1 cm³/mol. The van der Waals surface area contributed by atoms with Crippen LogP contribution in [0.25, 0.3) is 0 Å². The fraction of sp³-hybridized carbons (Fsp3) is 0.0556. The Labute approximate surface area is 148 Å². The topological polar surface area (TPSA) is 64.1 Å². The van der Waals surface area contributed by atoms with Crippen LogP contribution in [0, 0.1) is 5.82 Å². The van der Waals surface area contributed by atoms with E-state index in [2.05, 4.69) is 15.3 Å². The zero-order valence-electron chi connectivity index (χ0n) is 12.9. The Morgan fingerprint density at radius 1 is 1.12 bits per heavy atom. The van der Waals surface area contributed by atoms with Crippen molar-refractivity contribution in [3.8, 4) is 11.6 Å². The highest BCUT2D eigenvalue weighted by Crippen LogP contribution is 2.23. The average Bonchev–Trinajstić information content (AvgIpc) is 2.61. The summed E-state index contributed by atoms with van der Waals surface area (Å²) in [5, 5.41) is 3.00. The molecule has 0 aliphatic carbocycles. The van der Waals surface area contributed by atoms with Crippen molar-refractivity contribution >= 4 is 17.5 Å². The van der Waals surface area contributed by atoms with Gasteiger partial charge in [0, 0.05) is 36.1 Å². The normalized spacial score (nSPS) is 10.3. The molecule has 0 unspecified atom stereocenters. The number of nitrogens with one attached hydrogen (secondary N) is 1. The maximum atomic E-state index is 13.3. The maximum absolute atomic E-state index is 13.3. The van der Waals surface area contributed by atoms with Gasteiger partial charge in [0.25, 0.3) is 5.91 Å². The van der Waals surface area contributed by atoms with E-state index >= 15 is 0 Å². The third-order valence-corrected chi connectivity index (χ3v) is 3.50. The molecule has 0 spiro atoms. The van der Waals surface area contributed by atoms with Crippen LogP contribution < -0.4 is 10.1 Å². The van der Waals surface area contributed by atoms with Crippen LogP contribution in [0.1, 0.15) is 15.9 Å². The summed E-state index contributed by atoms with van der Waals surface area (Å²) in [7, 11) is 0. The zero-order valence-corrected chi connectivity index (χ0v) is 13.7. The molecule has 7 heteroatoms. The Morgan fingerprint density at radius 2 is 2.00 bits per heavy atom. The molecule has 0 fully saturated rings. The lowest BCUT2D eigenvalue weighted by molar-refractivity contribution is 0.0950. The predicted octanol–water partition coefficient (Wildman–Crippen LogP) is 3.99. The molecule has 0 saturated carbocycles. The highest BCUT2D eigenvalue weighted by atomic mass is 35.5. The number of aromatic nitrogens is 2. The molecular weight excluding hydrogens is 345 g/mol. The minimum absolute atomic E-state index is 0.192. The minimum atomic E-state index is -0.405. The van der Waals surface area contributed by atoms with Gasteiger partial charge in [0.2, 0.25) is 5.88 Å². The van der Waals surface area contributed by atoms with Gasteiger partial charge in [-0.2, -0.15) is 0 Å². The molecule has 5 nitrogen and oxygen atoms in total. The van der Waals surface area contributed by atoms with E-state index in [1.165, 1.54) is 24.4 Å². The Kier molecular flexibility index (Phi) is 5.20. The number of carbonyl (C=O) groups excluding carboxylic acids is 1. The molecular formula is C18H13ClFN3O2. The number of benzene rings is 1. The molecule has 0 aliphatic heterocycles. The SMILES string of the molecule is O=C(NCc1cccnc1Oc1cccc(F)c1)c1ccnc(Cl)c1. The van der Waals surface area contributed by atoms with Crippen molar-refractivity contribution in [2.75, 3.05) is 0 Å². The number of halogens is 2. The fourth-order valence-corrected chi connectivity index (χ4v) is 2.29. The summed E-state index contributed by atoms with van der Waals surface area (Å²) in [5.74, 6) is -0.0870. The molecule has 1 N–H and O–H groups in total. The lowest BCUT2D eigenvalue weighted by Crippen LogP contribution is -2.23. The summed E-state index contributed by atoms with van der Waals surface area (Å²) in [6.45, 7) is 0.192. The van der Waals surface area contributed by atoms with Gasteiger partial charge in [0.1, 0.15) is 16.7 Å². The number of ether oxygens (including phenoxy) is 1. The van der Waals surface area contributed by atoms with Crippen molar-refractivity contribution in [3.05, 3.63) is 83.0 Å². The number of hydrogen-bond donors (Lipinski definition) is 1. The summed E-state index contributed by atoms with van der Waals surface area (Å²) >= 11 is 5.78. The number of hydrogen-bond acceptors (Lipinski definition) is 4. The molecule has 0 saturated heterocycles. The van der Waals surface area contributed by atoms with Gasteiger partial charge in [-0.3, -0.25) is 4.79 Å². The van der Waals surface area contributed by atoms with Gasteiger partial charge >= 0.3 is 0 Å². The molecule has 0 radical (unpaired) electrons. The molecule has 3 rings (SSSR count). The zero-order chi connectivity index (χ0) is 17.6. The second kappa shape index (κ2) is 7.72. The van der Waals surface area contributed by atoms with Crippen LogP contribution in [0.3, 0.4) is 0 Å². The summed E-state index contributed by atoms with van der Waals surface area (Å²) in [4.78, 5) is 20.2. The van der Waals surface area contributed by atoms with E-state index < -0.39 is 5.82 Å². The van der Waals surface area contributed by atoms with E-state index in [1.54, 1.807) is 36.5 Å². The van der Waals surface area contributed by atoms with E-state index in [0.29, 0.717) is 22.8 Å². The van der Waals surface area contributed by atoms with E-state index in [1.807, 2.05) is 0 Å². The van der Waals surface area contributed by atoms with Crippen LogP contribution in [0.15, 0.2) is 60.9 Å². The van der Waals surface area contributed by atoms with Crippen molar-refractivity contribution in [1.82, 2.24) is 15.3 Å². The summed E-state index contributed by atoms with van der Waals surface area (Å²) in [5.41, 5.74) is 1.05. The lowest BCUT2D eigenvalue weighted by Gasteiger charge is -2.11. The summed E-state index contributed by atoms with van der Waals surface area (Å²) in [6, 6.07) is 12.3. The molecule has 1 aromatic carbocycles.